The molecular weight excluding hydrogens is 406 g/mol. The van der Waals surface area contributed by atoms with Gasteiger partial charge in [0.05, 0.1) is 25.4 Å². The first-order valence-electron chi connectivity index (χ1n) is 10.1. The van der Waals surface area contributed by atoms with Crippen molar-refractivity contribution in [3.63, 3.8) is 0 Å². The van der Waals surface area contributed by atoms with Crippen LogP contribution in [0.1, 0.15) is 41.6 Å². The zero-order valence-corrected chi connectivity index (χ0v) is 18.4. The average Bonchev–Trinajstić information content (AvgIpc) is 3.22. The standard InChI is InChI=1S/C22H27NO6S/c1-4-26-17-11-16(12-18(27-5-2)21(17)28-6-3)22(25)29-14-20(24)23-9-7-19-15(13-23)8-10-30-19/h8,10-12H,4-7,9,13-14H2,1-3H3. The molecule has 1 aromatic heterocycles. The number of carbonyl (C=O) groups is 2. The Kier molecular flexibility index (Phi) is 7.57. The van der Waals surface area contributed by atoms with E-state index < -0.39 is 5.97 Å². The Morgan fingerprint density at radius 1 is 1.03 bits per heavy atom. The maximum Gasteiger partial charge on any atom is 0.338 e. The molecule has 0 unspecified atom stereocenters. The van der Waals surface area contributed by atoms with E-state index >= 15 is 0 Å². The molecular formula is C22H27NO6S. The number of benzene rings is 1. The summed E-state index contributed by atoms with van der Waals surface area (Å²) < 4.78 is 22.2. The lowest BCUT2D eigenvalue weighted by atomic mass is 10.1. The minimum absolute atomic E-state index is 0.207. The van der Waals surface area contributed by atoms with Crippen LogP contribution < -0.4 is 14.2 Å². The minimum Gasteiger partial charge on any atom is -0.490 e. The predicted molar refractivity (Wildman–Crippen MR) is 114 cm³/mol. The fourth-order valence-corrected chi connectivity index (χ4v) is 4.16. The van der Waals surface area contributed by atoms with Crippen LogP contribution in [0.5, 0.6) is 17.2 Å². The molecule has 1 amide bonds. The summed E-state index contributed by atoms with van der Waals surface area (Å²) in [4.78, 5) is 28.2. The highest BCUT2D eigenvalue weighted by Crippen LogP contribution is 2.39. The van der Waals surface area contributed by atoms with Crippen LogP contribution >= 0.6 is 11.3 Å². The van der Waals surface area contributed by atoms with Gasteiger partial charge in [0.2, 0.25) is 5.75 Å². The summed E-state index contributed by atoms with van der Waals surface area (Å²) in [5.74, 6) is 0.450. The predicted octanol–water partition coefficient (Wildman–Crippen LogP) is 3.69. The van der Waals surface area contributed by atoms with Gasteiger partial charge in [0.1, 0.15) is 0 Å². The van der Waals surface area contributed by atoms with E-state index in [9.17, 15) is 9.59 Å². The van der Waals surface area contributed by atoms with Gasteiger partial charge in [-0.2, -0.15) is 0 Å². The van der Waals surface area contributed by atoms with Gasteiger partial charge >= 0.3 is 5.97 Å². The second-order valence-corrected chi connectivity index (χ2v) is 7.61. The van der Waals surface area contributed by atoms with Crippen LogP contribution in [0.4, 0.5) is 0 Å². The molecule has 2 heterocycles. The van der Waals surface area contributed by atoms with Gasteiger partial charge in [0.15, 0.2) is 18.1 Å². The highest BCUT2D eigenvalue weighted by Gasteiger charge is 2.24. The largest absolute Gasteiger partial charge is 0.490 e. The van der Waals surface area contributed by atoms with Crippen molar-refractivity contribution in [2.45, 2.75) is 33.7 Å². The van der Waals surface area contributed by atoms with E-state index in [4.69, 9.17) is 18.9 Å². The monoisotopic (exact) mass is 433 g/mol. The van der Waals surface area contributed by atoms with Crippen molar-refractivity contribution in [2.24, 2.45) is 0 Å². The summed E-state index contributed by atoms with van der Waals surface area (Å²) in [5.41, 5.74) is 1.41. The molecule has 0 N–H and O–H groups in total. The molecule has 1 aliphatic heterocycles. The van der Waals surface area contributed by atoms with Crippen molar-refractivity contribution in [2.75, 3.05) is 33.0 Å². The molecule has 1 aromatic carbocycles. The number of carbonyl (C=O) groups excluding carboxylic acids is 2. The molecule has 2 aromatic rings. The zero-order chi connectivity index (χ0) is 21.5. The molecule has 1 aliphatic rings. The van der Waals surface area contributed by atoms with E-state index in [1.165, 1.54) is 10.4 Å². The van der Waals surface area contributed by atoms with Gasteiger partial charge in [0.25, 0.3) is 5.91 Å². The summed E-state index contributed by atoms with van der Waals surface area (Å²) in [7, 11) is 0. The van der Waals surface area contributed by atoms with Gasteiger partial charge in [-0.1, -0.05) is 0 Å². The maximum atomic E-state index is 12.6. The molecule has 162 valence electrons. The van der Waals surface area contributed by atoms with Crippen molar-refractivity contribution in [1.29, 1.82) is 0 Å². The second-order valence-electron chi connectivity index (χ2n) is 6.61. The maximum absolute atomic E-state index is 12.6. The van der Waals surface area contributed by atoms with Crippen LogP contribution in [0, 0.1) is 0 Å². The lowest BCUT2D eigenvalue weighted by molar-refractivity contribution is -0.135. The fraction of sp³-hybridized carbons (Fsp3) is 0.455. The molecule has 0 fully saturated rings. The Morgan fingerprint density at radius 2 is 1.70 bits per heavy atom. The number of amides is 1. The number of thiophene rings is 1. The van der Waals surface area contributed by atoms with Gasteiger partial charge in [-0.3, -0.25) is 4.79 Å². The van der Waals surface area contributed by atoms with Crippen molar-refractivity contribution in [1.82, 2.24) is 4.90 Å². The van der Waals surface area contributed by atoms with Crippen LogP contribution in [-0.4, -0.2) is 49.7 Å². The molecule has 3 rings (SSSR count). The van der Waals surface area contributed by atoms with Crippen molar-refractivity contribution in [3.8, 4) is 17.2 Å². The molecule has 0 spiro atoms. The first-order chi connectivity index (χ1) is 14.6. The number of esters is 1. The van der Waals surface area contributed by atoms with E-state index in [1.807, 2.05) is 32.2 Å². The Morgan fingerprint density at radius 3 is 2.33 bits per heavy atom. The quantitative estimate of drug-likeness (QED) is 0.562. The van der Waals surface area contributed by atoms with E-state index in [-0.39, 0.29) is 18.1 Å². The third-order valence-corrected chi connectivity index (χ3v) is 5.65. The average molecular weight is 434 g/mol. The summed E-state index contributed by atoms with van der Waals surface area (Å²) in [6, 6.07) is 5.15. The smallest absolute Gasteiger partial charge is 0.338 e. The zero-order valence-electron chi connectivity index (χ0n) is 17.6. The molecule has 0 radical (unpaired) electrons. The molecule has 0 aliphatic carbocycles. The van der Waals surface area contributed by atoms with Gasteiger partial charge in [-0.25, -0.2) is 4.79 Å². The molecule has 30 heavy (non-hydrogen) atoms. The van der Waals surface area contributed by atoms with E-state index in [0.29, 0.717) is 50.2 Å². The van der Waals surface area contributed by atoms with E-state index in [1.54, 1.807) is 28.4 Å². The van der Waals surface area contributed by atoms with Crippen LogP contribution in [0.25, 0.3) is 0 Å². The third-order valence-electron chi connectivity index (χ3n) is 4.63. The third kappa shape index (κ3) is 5.05. The molecule has 0 saturated carbocycles. The molecule has 0 saturated heterocycles. The van der Waals surface area contributed by atoms with Gasteiger partial charge in [0, 0.05) is 18.0 Å². The number of hydrogen-bond donors (Lipinski definition) is 0. The molecule has 8 heteroatoms. The van der Waals surface area contributed by atoms with Crippen LogP contribution in [-0.2, 0) is 22.5 Å². The summed E-state index contributed by atoms with van der Waals surface area (Å²) in [6.45, 7) is 7.68. The summed E-state index contributed by atoms with van der Waals surface area (Å²) in [5, 5.41) is 2.04. The Hall–Kier alpha value is -2.74. The number of rotatable bonds is 9. The van der Waals surface area contributed by atoms with Crippen molar-refractivity contribution in [3.05, 3.63) is 39.6 Å². The van der Waals surface area contributed by atoms with Crippen molar-refractivity contribution < 1.29 is 28.5 Å². The Labute approximate surface area is 180 Å². The first kappa shape index (κ1) is 22.0. The normalized spacial score (nSPS) is 12.8. The van der Waals surface area contributed by atoms with Gasteiger partial charge in [-0.05, 0) is 56.3 Å². The number of fused-ring (bicyclic) bond motifs is 1. The fourth-order valence-electron chi connectivity index (χ4n) is 3.27. The van der Waals surface area contributed by atoms with Crippen LogP contribution in [0.2, 0.25) is 0 Å². The second kappa shape index (κ2) is 10.3. The van der Waals surface area contributed by atoms with E-state index in [2.05, 4.69) is 0 Å². The molecule has 0 bridgehead atoms. The number of ether oxygens (including phenoxy) is 4. The highest BCUT2D eigenvalue weighted by atomic mass is 32.1. The summed E-state index contributed by atoms with van der Waals surface area (Å²) >= 11 is 1.71. The lowest BCUT2D eigenvalue weighted by Gasteiger charge is -2.26. The van der Waals surface area contributed by atoms with Crippen LogP contribution in [0.15, 0.2) is 23.6 Å². The Bertz CT molecular complexity index is 866. The number of nitrogens with zero attached hydrogens (tertiary/aromatic N) is 1. The van der Waals surface area contributed by atoms with Crippen molar-refractivity contribution >= 4 is 23.2 Å². The highest BCUT2D eigenvalue weighted by molar-refractivity contribution is 7.10. The Balaban J connectivity index is 1.69. The van der Waals surface area contributed by atoms with Gasteiger partial charge in [-0.15, -0.1) is 11.3 Å². The topological polar surface area (TPSA) is 74.3 Å². The minimum atomic E-state index is -0.610. The van der Waals surface area contributed by atoms with E-state index in [0.717, 1.165) is 6.42 Å². The SMILES string of the molecule is CCOc1cc(C(=O)OCC(=O)N2CCc3sccc3C2)cc(OCC)c1OCC. The summed E-state index contributed by atoms with van der Waals surface area (Å²) in [6.07, 6.45) is 0.834. The lowest BCUT2D eigenvalue weighted by Crippen LogP contribution is -2.38. The first-order valence-corrected chi connectivity index (χ1v) is 11.0. The molecule has 7 nitrogen and oxygen atoms in total. The number of hydrogen-bond acceptors (Lipinski definition) is 7. The molecule has 0 atom stereocenters. The van der Waals surface area contributed by atoms with Gasteiger partial charge < -0.3 is 23.8 Å². The van der Waals surface area contributed by atoms with Crippen LogP contribution in [0.3, 0.4) is 0 Å².